The summed E-state index contributed by atoms with van der Waals surface area (Å²) in [6.07, 6.45) is 1.52. The van der Waals surface area contributed by atoms with E-state index in [0.29, 0.717) is 22.6 Å². The van der Waals surface area contributed by atoms with Gasteiger partial charge in [0, 0.05) is 11.1 Å². The maximum absolute atomic E-state index is 11.8. The Morgan fingerprint density at radius 2 is 1.81 bits per heavy atom. The Balaban J connectivity index is 2.10. The Hall–Kier alpha value is -2.82. The van der Waals surface area contributed by atoms with Gasteiger partial charge < -0.3 is 9.47 Å². The zero-order chi connectivity index (χ0) is 15.1. The Labute approximate surface area is 123 Å². The first kappa shape index (κ1) is 14.6. The van der Waals surface area contributed by atoms with Gasteiger partial charge in [0.25, 0.3) is 5.91 Å². The number of rotatable bonds is 5. The smallest absolute Gasteiger partial charge is 0.271 e. The van der Waals surface area contributed by atoms with Gasteiger partial charge in [0.2, 0.25) is 0 Å². The number of carbonyl (C=O) groups excluding carboxylic acids is 1. The van der Waals surface area contributed by atoms with Gasteiger partial charge in [-0.25, -0.2) is 5.43 Å². The predicted molar refractivity (Wildman–Crippen MR) is 81.0 cm³/mol. The number of ether oxygens (including phenoxy) is 2. The third-order valence-electron chi connectivity index (χ3n) is 2.84. The zero-order valence-electron chi connectivity index (χ0n) is 11.9. The molecule has 0 atom stereocenters. The van der Waals surface area contributed by atoms with Crippen LogP contribution < -0.4 is 14.9 Å². The molecule has 21 heavy (non-hydrogen) atoms. The van der Waals surface area contributed by atoms with Crippen LogP contribution in [-0.2, 0) is 0 Å². The average molecular weight is 284 g/mol. The molecule has 1 N–H and O–H groups in total. The SMILES string of the molecule is COc1cccc(/C=N/NC(=O)c2ccccc2)c1OC. The molecule has 0 aliphatic rings. The Morgan fingerprint density at radius 3 is 2.48 bits per heavy atom. The molecule has 0 spiro atoms. The maximum atomic E-state index is 11.8. The van der Waals surface area contributed by atoms with Gasteiger partial charge in [-0.1, -0.05) is 24.3 Å². The molecule has 2 rings (SSSR count). The van der Waals surface area contributed by atoms with Gasteiger partial charge >= 0.3 is 0 Å². The van der Waals surface area contributed by atoms with E-state index >= 15 is 0 Å². The number of para-hydroxylation sites is 1. The van der Waals surface area contributed by atoms with Gasteiger partial charge in [0.15, 0.2) is 11.5 Å². The molecule has 1 amide bonds. The first-order chi connectivity index (χ1) is 10.3. The lowest BCUT2D eigenvalue weighted by Crippen LogP contribution is -2.17. The van der Waals surface area contributed by atoms with Gasteiger partial charge in [0.1, 0.15) is 0 Å². The van der Waals surface area contributed by atoms with Crippen LogP contribution >= 0.6 is 0 Å². The fourth-order valence-electron chi connectivity index (χ4n) is 1.83. The molecule has 0 saturated carbocycles. The van der Waals surface area contributed by atoms with Crippen LogP contribution in [0, 0.1) is 0 Å². The second-order valence-corrected chi connectivity index (χ2v) is 4.15. The van der Waals surface area contributed by atoms with Crippen LogP contribution in [0.1, 0.15) is 15.9 Å². The highest BCUT2D eigenvalue weighted by molar-refractivity contribution is 5.95. The second-order valence-electron chi connectivity index (χ2n) is 4.15. The molecule has 0 heterocycles. The fraction of sp³-hybridized carbons (Fsp3) is 0.125. The Morgan fingerprint density at radius 1 is 1.05 bits per heavy atom. The summed E-state index contributed by atoms with van der Waals surface area (Å²) in [4.78, 5) is 11.8. The highest BCUT2D eigenvalue weighted by Crippen LogP contribution is 2.29. The Bertz CT molecular complexity index is 639. The standard InChI is InChI=1S/C16H16N2O3/c1-20-14-10-6-9-13(15(14)21-2)11-17-18-16(19)12-7-4-3-5-8-12/h3-11H,1-2H3,(H,18,19)/b17-11+. The molecule has 0 aliphatic carbocycles. The number of hydrogen-bond donors (Lipinski definition) is 1. The number of nitrogens with zero attached hydrogens (tertiary/aromatic N) is 1. The second kappa shape index (κ2) is 7.09. The van der Waals surface area contributed by atoms with Crippen molar-refractivity contribution in [1.82, 2.24) is 5.43 Å². The monoisotopic (exact) mass is 284 g/mol. The summed E-state index contributed by atoms with van der Waals surface area (Å²) in [7, 11) is 3.12. The first-order valence-electron chi connectivity index (χ1n) is 6.35. The van der Waals surface area contributed by atoms with Crippen LogP contribution in [0.15, 0.2) is 53.6 Å². The number of carbonyl (C=O) groups is 1. The van der Waals surface area contributed by atoms with Crippen molar-refractivity contribution in [2.45, 2.75) is 0 Å². The quantitative estimate of drug-likeness (QED) is 0.677. The average Bonchev–Trinajstić information content (AvgIpc) is 2.55. The van der Waals surface area contributed by atoms with Crippen molar-refractivity contribution in [1.29, 1.82) is 0 Å². The van der Waals surface area contributed by atoms with E-state index < -0.39 is 0 Å². The summed E-state index contributed by atoms with van der Waals surface area (Å²) in [6, 6.07) is 14.3. The third kappa shape index (κ3) is 3.60. The lowest BCUT2D eigenvalue weighted by Gasteiger charge is -2.09. The number of benzene rings is 2. The number of hydrogen-bond acceptors (Lipinski definition) is 4. The summed E-state index contributed by atoms with van der Waals surface area (Å²) >= 11 is 0. The van der Waals surface area contributed by atoms with Crippen LogP contribution in [0.3, 0.4) is 0 Å². The Kier molecular flexibility index (Phi) is 4.93. The van der Waals surface area contributed by atoms with E-state index in [1.54, 1.807) is 44.6 Å². The number of nitrogens with one attached hydrogen (secondary N) is 1. The molecule has 0 aliphatic heterocycles. The van der Waals surface area contributed by atoms with Crippen LogP contribution in [0.25, 0.3) is 0 Å². The molecule has 0 aromatic heterocycles. The van der Waals surface area contributed by atoms with Crippen LogP contribution in [0.2, 0.25) is 0 Å². The van der Waals surface area contributed by atoms with Gasteiger partial charge in [-0.05, 0) is 24.3 Å². The van der Waals surface area contributed by atoms with Crippen molar-refractivity contribution in [3.63, 3.8) is 0 Å². The zero-order valence-corrected chi connectivity index (χ0v) is 11.9. The van der Waals surface area contributed by atoms with E-state index in [0.717, 1.165) is 0 Å². The minimum absolute atomic E-state index is 0.270. The van der Waals surface area contributed by atoms with Crippen molar-refractivity contribution in [2.24, 2.45) is 5.10 Å². The molecule has 0 bridgehead atoms. The highest BCUT2D eigenvalue weighted by atomic mass is 16.5. The van der Waals surface area contributed by atoms with Gasteiger partial charge in [-0.3, -0.25) is 4.79 Å². The molecular weight excluding hydrogens is 268 g/mol. The van der Waals surface area contributed by atoms with Crippen molar-refractivity contribution >= 4 is 12.1 Å². The normalized spacial score (nSPS) is 10.4. The van der Waals surface area contributed by atoms with Gasteiger partial charge in [0.05, 0.1) is 20.4 Å². The van der Waals surface area contributed by atoms with Crippen LogP contribution in [0.5, 0.6) is 11.5 Å². The predicted octanol–water partition coefficient (Wildman–Crippen LogP) is 2.47. The van der Waals surface area contributed by atoms with Crippen molar-refractivity contribution < 1.29 is 14.3 Å². The number of hydrazone groups is 1. The van der Waals surface area contributed by atoms with E-state index in [1.807, 2.05) is 18.2 Å². The summed E-state index contributed by atoms with van der Waals surface area (Å²) in [6.45, 7) is 0. The van der Waals surface area contributed by atoms with Crippen molar-refractivity contribution in [3.8, 4) is 11.5 Å². The van der Waals surface area contributed by atoms with E-state index in [9.17, 15) is 4.79 Å². The molecule has 5 nitrogen and oxygen atoms in total. The van der Waals surface area contributed by atoms with E-state index in [1.165, 1.54) is 6.21 Å². The summed E-state index contributed by atoms with van der Waals surface area (Å²) in [5, 5.41) is 3.94. The minimum atomic E-state index is -0.270. The highest BCUT2D eigenvalue weighted by Gasteiger charge is 2.07. The molecule has 0 fully saturated rings. The van der Waals surface area contributed by atoms with Gasteiger partial charge in [-0.15, -0.1) is 0 Å². The maximum Gasteiger partial charge on any atom is 0.271 e. The lowest BCUT2D eigenvalue weighted by atomic mass is 10.2. The van der Waals surface area contributed by atoms with E-state index in [4.69, 9.17) is 9.47 Å². The summed E-state index contributed by atoms with van der Waals surface area (Å²) < 4.78 is 10.5. The van der Waals surface area contributed by atoms with Crippen molar-refractivity contribution in [3.05, 3.63) is 59.7 Å². The topological polar surface area (TPSA) is 59.9 Å². The molecule has 5 heteroatoms. The van der Waals surface area contributed by atoms with Crippen LogP contribution in [-0.4, -0.2) is 26.3 Å². The number of amides is 1. The largest absolute Gasteiger partial charge is 0.493 e. The molecule has 0 unspecified atom stereocenters. The lowest BCUT2D eigenvalue weighted by molar-refractivity contribution is 0.0955. The van der Waals surface area contributed by atoms with E-state index in [2.05, 4.69) is 10.5 Å². The first-order valence-corrected chi connectivity index (χ1v) is 6.35. The van der Waals surface area contributed by atoms with E-state index in [-0.39, 0.29) is 5.91 Å². The van der Waals surface area contributed by atoms with Gasteiger partial charge in [-0.2, -0.15) is 5.10 Å². The molecular formula is C16H16N2O3. The van der Waals surface area contributed by atoms with Crippen LogP contribution in [0.4, 0.5) is 0 Å². The molecule has 2 aromatic rings. The third-order valence-corrected chi connectivity index (χ3v) is 2.84. The minimum Gasteiger partial charge on any atom is -0.493 e. The summed E-state index contributed by atoms with van der Waals surface area (Å²) in [5.74, 6) is 0.905. The number of methoxy groups -OCH3 is 2. The summed E-state index contributed by atoms with van der Waals surface area (Å²) in [5.41, 5.74) is 3.73. The molecule has 0 saturated heterocycles. The molecule has 108 valence electrons. The fourth-order valence-corrected chi connectivity index (χ4v) is 1.83. The molecule has 0 radical (unpaired) electrons. The molecule has 2 aromatic carbocycles. The van der Waals surface area contributed by atoms with Crippen molar-refractivity contribution in [2.75, 3.05) is 14.2 Å².